The van der Waals surface area contributed by atoms with Gasteiger partial charge in [0.15, 0.2) is 0 Å². The molecule has 0 heterocycles. The van der Waals surface area contributed by atoms with Crippen LogP contribution in [0.5, 0.6) is 0 Å². The average Bonchev–Trinajstić information content (AvgIpc) is 2.24. The van der Waals surface area contributed by atoms with Crippen LogP contribution in [0.3, 0.4) is 0 Å². The molecule has 0 saturated heterocycles. The number of hydrogen-bond donors (Lipinski definition) is 0. The number of allylic oxidation sites excluding steroid dienone is 1. The topological polar surface area (TPSA) is 44.8 Å². The Labute approximate surface area is 105 Å². The molecule has 0 saturated carbocycles. The second-order valence-corrected chi connectivity index (χ2v) is 5.29. The van der Waals surface area contributed by atoms with Crippen LogP contribution in [0.4, 0.5) is 0 Å². The summed E-state index contributed by atoms with van der Waals surface area (Å²) in [6, 6.07) is 0. The fourth-order valence-electron chi connectivity index (χ4n) is 1.26. The van der Waals surface area contributed by atoms with E-state index in [2.05, 4.69) is 6.92 Å². The largest absolute Gasteiger partial charge is 0.475 e. The summed E-state index contributed by atoms with van der Waals surface area (Å²) in [6.45, 7) is 8.11. The lowest BCUT2D eigenvalue weighted by Crippen LogP contribution is -2.07. The van der Waals surface area contributed by atoms with Crippen molar-refractivity contribution in [1.29, 1.82) is 0 Å². The van der Waals surface area contributed by atoms with Crippen molar-refractivity contribution in [2.75, 3.05) is 13.2 Å². The molecule has 0 amide bonds. The van der Waals surface area contributed by atoms with Crippen LogP contribution < -0.4 is 0 Å². The van der Waals surface area contributed by atoms with Crippen molar-refractivity contribution in [2.45, 2.75) is 53.1 Å². The van der Waals surface area contributed by atoms with Crippen molar-refractivity contribution in [3.05, 3.63) is 12.2 Å². The predicted molar refractivity (Wildman–Crippen MR) is 70.1 cm³/mol. The zero-order valence-corrected chi connectivity index (χ0v) is 12.2. The number of hydrogen-bond acceptors (Lipinski definition) is 4. The van der Waals surface area contributed by atoms with Gasteiger partial charge in [-0.3, -0.25) is 13.6 Å². The van der Waals surface area contributed by atoms with E-state index < -0.39 is 7.82 Å². The molecule has 0 bridgehead atoms. The van der Waals surface area contributed by atoms with E-state index in [-0.39, 0.29) is 6.10 Å². The van der Waals surface area contributed by atoms with Crippen LogP contribution in [0.15, 0.2) is 12.2 Å². The van der Waals surface area contributed by atoms with Crippen molar-refractivity contribution in [1.82, 2.24) is 0 Å². The quantitative estimate of drug-likeness (QED) is 0.335. The molecule has 0 aromatic heterocycles. The highest BCUT2D eigenvalue weighted by atomic mass is 31.2. The maximum atomic E-state index is 12.0. The van der Waals surface area contributed by atoms with Gasteiger partial charge < -0.3 is 0 Å². The van der Waals surface area contributed by atoms with Crippen LogP contribution in [0.2, 0.25) is 0 Å². The van der Waals surface area contributed by atoms with Gasteiger partial charge in [-0.1, -0.05) is 31.9 Å². The van der Waals surface area contributed by atoms with Gasteiger partial charge in [0.25, 0.3) is 0 Å². The summed E-state index contributed by atoms with van der Waals surface area (Å²) in [5.41, 5.74) is 0. The Hall–Kier alpha value is -0.150. The molecule has 1 unspecified atom stereocenters. The van der Waals surface area contributed by atoms with Crippen LogP contribution in [0.25, 0.3) is 0 Å². The van der Waals surface area contributed by atoms with E-state index >= 15 is 0 Å². The summed E-state index contributed by atoms with van der Waals surface area (Å²) in [4.78, 5) is 0. The van der Waals surface area contributed by atoms with Crippen molar-refractivity contribution in [3.8, 4) is 0 Å². The van der Waals surface area contributed by atoms with Crippen LogP contribution in [-0.2, 0) is 18.1 Å². The molecule has 0 fully saturated rings. The molecule has 4 nitrogen and oxygen atoms in total. The highest BCUT2D eigenvalue weighted by Gasteiger charge is 2.27. The molecule has 0 spiro atoms. The minimum Gasteiger partial charge on any atom is -0.287 e. The van der Waals surface area contributed by atoms with Gasteiger partial charge in [-0.2, -0.15) is 0 Å². The van der Waals surface area contributed by atoms with E-state index in [0.29, 0.717) is 13.2 Å². The molecular formula is C12H25O4P. The third-order valence-corrected chi connectivity index (χ3v) is 3.74. The van der Waals surface area contributed by atoms with Gasteiger partial charge in [0, 0.05) is 0 Å². The average molecular weight is 264 g/mol. The molecule has 5 heteroatoms. The van der Waals surface area contributed by atoms with E-state index in [9.17, 15) is 4.57 Å². The predicted octanol–water partition coefficient (Wildman–Crippen LogP) is 4.32. The maximum absolute atomic E-state index is 12.0. The molecule has 0 aromatic carbocycles. The monoisotopic (exact) mass is 264 g/mol. The van der Waals surface area contributed by atoms with Gasteiger partial charge in [0.1, 0.15) is 0 Å². The second kappa shape index (κ2) is 9.84. The van der Waals surface area contributed by atoms with E-state index in [1.54, 1.807) is 13.8 Å². The van der Waals surface area contributed by atoms with Gasteiger partial charge in [-0.15, -0.1) is 0 Å². The summed E-state index contributed by atoms with van der Waals surface area (Å²) in [5, 5.41) is 0. The third kappa shape index (κ3) is 8.56. The van der Waals surface area contributed by atoms with E-state index in [4.69, 9.17) is 13.6 Å². The number of phosphoric ester groups is 1. The van der Waals surface area contributed by atoms with Crippen LogP contribution in [0, 0.1) is 0 Å². The van der Waals surface area contributed by atoms with Crippen molar-refractivity contribution < 1.29 is 18.1 Å². The van der Waals surface area contributed by atoms with Crippen molar-refractivity contribution in [2.24, 2.45) is 0 Å². The first-order chi connectivity index (χ1) is 8.08. The fraction of sp³-hybridized carbons (Fsp3) is 0.833. The van der Waals surface area contributed by atoms with Crippen LogP contribution in [-0.4, -0.2) is 19.3 Å². The zero-order valence-electron chi connectivity index (χ0n) is 11.3. The maximum Gasteiger partial charge on any atom is 0.475 e. The summed E-state index contributed by atoms with van der Waals surface area (Å²) in [5.74, 6) is 0. The van der Waals surface area contributed by atoms with Crippen LogP contribution >= 0.6 is 7.82 Å². The lowest BCUT2D eigenvalue weighted by atomic mass is 10.2. The van der Waals surface area contributed by atoms with E-state index in [1.807, 2.05) is 19.1 Å². The first-order valence-corrected chi connectivity index (χ1v) is 7.78. The van der Waals surface area contributed by atoms with Crippen molar-refractivity contribution >= 4 is 7.82 Å². The van der Waals surface area contributed by atoms with Gasteiger partial charge in [0.2, 0.25) is 0 Å². The first kappa shape index (κ1) is 16.9. The molecule has 0 aliphatic carbocycles. The molecule has 0 aliphatic rings. The highest BCUT2D eigenvalue weighted by molar-refractivity contribution is 7.48. The number of phosphoric acid groups is 1. The third-order valence-electron chi connectivity index (χ3n) is 2.00. The molecule has 0 aliphatic heterocycles. The normalized spacial score (nSPS) is 14.4. The Morgan fingerprint density at radius 3 is 2.24 bits per heavy atom. The van der Waals surface area contributed by atoms with Crippen molar-refractivity contribution in [3.63, 3.8) is 0 Å². The summed E-state index contributed by atoms with van der Waals surface area (Å²) in [6.07, 6.45) is 6.98. The fourth-order valence-corrected chi connectivity index (χ4v) is 2.57. The first-order valence-electron chi connectivity index (χ1n) is 6.32. The van der Waals surface area contributed by atoms with Crippen LogP contribution in [0.1, 0.15) is 47.0 Å². The lowest BCUT2D eigenvalue weighted by molar-refractivity contribution is 0.106. The van der Waals surface area contributed by atoms with E-state index in [1.165, 1.54) is 0 Å². The standard InChI is InChI=1S/C12H25O4P/c1-5-8-9-10-11-12(4)16-17(13,14-6-2)15-7-3/h10-12H,5-9H2,1-4H3/b11-10-. The Morgan fingerprint density at radius 1 is 1.18 bits per heavy atom. The summed E-state index contributed by atoms with van der Waals surface area (Å²) >= 11 is 0. The molecule has 0 radical (unpaired) electrons. The smallest absolute Gasteiger partial charge is 0.287 e. The lowest BCUT2D eigenvalue weighted by Gasteiger charge is -2.18. The van der Waals surface area contributed by atoms with Gasteiger partial charge >= 0.3 is 7.82 Å². The molecular weight excluding hydrogens is 239 g/mol. The Bertz CT molecular complexity index is 243. The molecule has 0 N–H and O–H groups in total. The van der Waals surface area contributed by atoms with Gasteiger partial charge in [-0.05, 0) is 27.2 Å². The summed E-state index contributed by atoms with van der Waals surface area (Å²) < 4.78 is 27.4. The van der Waals surface area contributed by atoms with Gasteiger partial charge in [0.05, 0.1) is 19.3 Å². The number of rotatable bonds is 10. The molecule has 17 heavy (non-hydrogen) atoms. The molecule has 102 valence electrons. The Kier molecular flexibility index (Phi) is 9.75. The minimum atomic E-state index is -3.38. The second-order valence-electron chi connectivity index (χ2n) is 3.66. The Morgan fingerprint density at radius 2 is 1.76 bits per heavy atom. The highest BCUT2D eigenvalue weighted by Crippen LogP contribution is 2.50. The zero-order chi connectivity index (χ0) is 13.1. The Balaban J connectivity index is 4.16. The molecule has 0 rings (SSSR count). The number of unbranched alkanes of at least 4 members (excludes halogenated alkanes) is 2. The SMILES string of the molecule is CCCC/C=C\C(C)OP(=O)(OCC)OCC. The molecule has 1 atom stereocenters. The summed E-state index contributed by atoms with van der Waals surface area (Å²) in [7, 11) is -3.38. The minimum absolute atomic E-state index is 0.268. The molecule has 0 aromatic rings. The van der Waals surface area contributed by atoms with Gasteiger partial charge in [-0.25, -0.2) is 4.57 Å². The van der Waals surface area contributed by atoms with E-state index in [0.717, 1.165) is 19.3 Å².